The summed E-state index contributed by atoms with van der Waals surface area (Å²) in [6, 6.07) is 62.0. The molecule has 53 heavy (non-hydrogen) atoms. The van der Waals surface area contributed by atoms with E-state index in [1.165, 1.54) is 44.1 Å². The minimum absolute atomic E-state index is 0.288. The second kappa shape index (κ2) is 12.1. The van der Waals surface area contributed by atoms with Gasteiger partial charge in [-0.1, -0.05) is 141 Å². The predicted molar refractivity (Wildman–Crippen MR) is 217 cm³/mol. The fourth-order valence-corrected chi connectivity index (χ4v) is 8.00. The van der Waals surface area contributed by atoms with Gasteiger partial charge >= 0.3 is 0 Å². The van der Waals surface area contributed by atoms with Crippen LogP contribution in [0.4, 0.5) is 17.3 Å². The zero-order valence-corrected chi connectivity index (χ0v) is 29.5. The first-order valence-corrected chi connectivity index (χ1v) is 18.0. The van der Waals surface area contributed by atoms with Crippen molar-refractivity contribution in [3.63, 3.8) is 0 Å². The Labute approximate surface area is 308 Å². The first-order valence-electron chi connectivity index (χ1n) is 18.0. The molecule has 10 rings (SSSR count). The molecular weight excluding hydrogens is 647 g/mol. The summed E-state index contributed by atoms with van der Waals surface area (Å²) in [7, 11) is 0. The first-order chi connectivity index (χ1) is 26.0. The minimum Gasteiger partial charge on any atom is -0.309 e. The number of hydrogen-bond acceptors (Lipinski definition) is 4. The lowest BCUT2D eigenvalue weighted by Crippen LogP contribution is -2.31. The summed E-state index contributed by atoms with van der Waals surface area (Å²) in [6.07, 6.45) is 0. The fourth-order valence-electron chi connectivity index (χ4n) is 8.00. The number of nitrogens with zero attached hydrogens (tertiary/aromatic N) is 5. The van der Waals surface area contributed by atoms with Gasteiger partial charge in [0.05, 0.1) is 22.4 Å². The highest BCUT2D eigenvalue weighted by Gasteiger charge is 2.38. The summed E-state index contributed by atoms with van der Waals surface area (Å²) < 4.78 is 2.36. The largest absolute Gasteiger partial charge is 0.309 e. The third-order valence-electron chi connectivity index (χ3n) is 10.6. The summed E-state index contributed by atoms with van der Waals surface area (Å²) in [5, 5.41) is 2.47. The lowest BCUT2D eigenvalue weighted by molar-refractivity contribution is 0.631. The first kappa shape index (κ1) is 30.9. The molecule has 0 N–H and O–H groups in total. The van der Waals surface area contributed by atoms with Crippen molar-refractivity contribution in [3.05, 3.63) is 187 Å². The standard InChI is InChI=1S/C48H35N5/c1-48(2)39-23-13-15-25-43(39)53(47-50-45(32-16-6-3-7-17-32)49-46(51-47)33-18-8-4-9-19-33)44-29-27-35(31-40(44)48)34-26-28-42-38(30-34)37-22-12-14-24-41(37)52(42)36-20-10-5-11-21-36/h3-31H,1-2H3. The van der Waals surface area contributed by atoms with E-state index in [0.29, 0.717) is 17.6 Å². The quantitative estimate of drug-likeness (QED) is 0.181. The summed E-state index contributed by atoms with van der Waals surface area (Å²) in [5.41, 5.74) is 12.0. The Balaban J connectivity index is 1.16. The number of rotatable bonds is 5. The van der Waals surface area contributed by atoms with Crippen molar-refractivity contribution in [1.29, 1.82) is 0 Å². The SMILES string of the molecule is CC1(C)c2ccccc2N(c2nc(-c3ccccc3)nc(-c3ccccc3)n2)c2ccc(-c3ccc4c(c3)c3ccccc3n4-c3ccccc3)cc21. The third-order valence-corrected chi connectivity index (χ3v) is 10.6. The second-order valence-electron chi connectivity index (χ2n) is 14.1. The van der Waals surface area contributed by atoms with Crippen molar-refractivity contribution in [1.82, 2.24) is 19.5 Å². The molecule has 3 heterocycles. The van der Waals surface area contributed by atoms with Crippen LogP contribution in [0.1, 0.15) is 25.0 Å². The summed E-state index contributed by atoms with van der Waals surface area (Å²) in [5.74, 6) is 1.86. The number of aromatic nitrogens is 4. The Morgan fingerprint density at radius 1 is 0.415 bits per heavy atom. The van der Waals surface area contributed by atoms with E-state index in [2.05, 4.69) is 163 Å². The minimum atomic E-state index is -0.288. The molecule has 0 amide bonds. The Hall–Kier alpha value is -6.85. The van der Waals surface area contributed by atoms with Crippen LogP contribution in [0, 0.1) is 0 Å². The number of para-hydroxylation sites is 3. The molecule has 0 atom stereocenters. The van der Waals surface area contributed by atoms with Crippen LogP contribution in [-0.4, -0.2) is 19.5 Å². The molecule has 252 valence electrons. The van der Waals surface area contributed by atoms with Crippen LogP contribution in [0.25, 0.3) is 61.4 Å². The van der Waals surface area contributed by atoms with Crippen LogP contribution in [0.15, 0.2) is 176 Å². The molecule has 0 aliphatic carbocycles. The lowest BCUT2D eigenvalue weighted by Gasteiger charge is -2.41. The molecule has 0 radical (unpaired) electrons. The average Bonchev–Trinajstić information content (AvgIpc) is 3.55. The summed E-state index contributed by atoms with van der Waals surface area (Å²) in [6.45, 7) is 4.64. The molecule has 9 aromatic rings. The number of hydrogen-bond donors (Lipinski definition) is 0. The van der Waals surface area contributed by atoms with Gasteiger partial charge < -0.3 is 4.57 Å². The molecular formula is C48H35N5. The highest BCUT2D eigenvalue weighted by atomic mass is 15.3. The lowest BCUT2D eigenvalue weighted by atomic mass is 9.73. The Kier molecular flexibility index (Phi) is 7.08. The van der Waals surface area contributed by atoms with E-state index in [4.69, 9.17) is 15.0 Å². The Morgan fingerprint density at radius 3 is 1.68 bits per heavy atom. The molecule has 5 nitrogen and oxygen atoms in total. The topological polar surface area (TPSA) is 46.8 Å². The summed E-state index contributed by atoms with van der Waals surface area (Å²) >= 11 is 0. The molecule has 7 aromatic carbocycles. The molecule has 0 fully saturated rings. The van der Waals surface area contributed by atoms with Gasteiger partial charge in [0.2, 0.25) is 5.95 Å². The van der Waals surface area contributed by atoms with Crippen molar-refractivity contribution in [2.45, 2.75) is 19.3 Å². The molecule has 0 saturated heterocycles. The van der Waals surface area contributed by atoms with Crippen LogP contribution in [0.2, 0.25) is 0 Å². The molecule has 0 saturated carbocycles. The molecule has 0 spiro atoms. The van der Waals surface area contributed by atoms with E-state index in [1.54, 1.807) is 0 Å². The van der Waals surface area contributed by atoms with Crippen LogP contribution < -0.4 is 4.90 Å². The smallest absolute Gasteiger partial charge is 0.238 e. The van der Waals surface area contributed by atoms with E-state index in [0.717, 1.165) is 28.2 Å². The van der Waals surface area contributed by atoms with Crippen molar-refractivity contribution in [2.75, 3.05) is 4.90 Å². The summed E-state index contributed by atoms with van der Waals surface area (Å²) in [4.78, 5) is 17.5. The highest BCUT2D eigenvalue weighted by molar-refractivity contribution is 6.10. The van der Waals surface area contributed by atoms with Gasteiger partial charge in [-0.15, -0.1) is 0 Å². The van der Waals surface area contributed by atoms with Crippen LogP contribution in [-0.2, 0) is 5.41 Å². The van der Waals surface area contributed by atoms with Crippen LogP contribution >= 0.6 is 0 Å². The average molecular weight is 682 g/mol. The van der Waals surface area contributed by atoms with Crippen LogP contribution in [0.5, 0.6) is 0 Å². The molecule has 1 aliphatic rings. The monoisotopic (exact) mass is 681 g/mol. The predicted octanol–water partition coefficient (Wildman–Crippen LogP) is 12.1. The van der Waals surface area contributed by atoms with Gasteiger partial charge in [0.1, 0.15) is 0 Å². The van der Waals surface area contributed by atoms with Crippen molar-refractivity contribution >= 4 is 39.1 Å². The second-order valence-corrected chi connectivity index (χ2v) is 14.1. The van der Waals surface area contributed by atoms with Crippen molar-refractivity contribution in [3.8, 4) is 39.6 Å². The Bertz CT molecular complexity index is 2750. The molecule has 1 aliphatic heterocycles. The van der Waals surface area contributed by atoms with Gasteiger partial charge in [0, 0.05) is 33.0 Å². The maximum absolute atomic E-state index is 5.17. The third kappa shape index (κ3) is 5.04. The number of fused-ring (bicyclic) bond motifs is 5. The highest BCUT2D eigenvalue weighted by Crippen LogP contribution is 2.52. The van der Waals surface area contributed by atoms with Gasteiger partial charge in [0.15, 0.2) is 11.6 Å². The zero-order valence-electron chi connectivity index (χ0n) is 29.5. The molecule has 2 aromatic heterocycles. The van der Waals surface area contributed by atoms with Crippen molar-refractivity contribution in [2.24, 2.45) is 0 Å². The molecule has 0 unspecified atom stereocenters. The van der Waals surface area contributed by atoms with Gasteiger partial charge in [0.25, 0.3) is 0 Å². The van der Waals surface area contributed by atoms with Gasteiger partial charge in [-0.3, -0.25) is 4.90 Å². The van der Waals surface area contributed by atoms with E-state index in [1.807, 2.05) is 36.4 Å². The van der Waals surface area contributed by atoms with E-state index in [-0.39, 0.29) is 5.41 Å². The van der Waals surface area contributed by atoms with Gasteiger partial charge in [-0.25, -0.2) is 4.98 Å². The molecule has 5 heteroatoms. The zero-order chi connectivity index (χ0) is 35.5. The number of benzene rings is 7. The fraction of sp³-hybridized carbons (Fsp3) is 0.0625. The maximum atomic E-state index is 5.17. The van der Waals surface area contributed by atoms with E-state index < -0.39 is 0 Å². The van der Waals surface area contributed by atoms with Crippen LogP contribution in [0.3, 0.4) is 0 Å². The Morgan fingerprint density at radius 2 is 0.962 bits per heavy atom. The van der Waals surface area contributed by atoms with Crippen molar-refractivity contribution < 1.29 is 0 Å². The normalized spacial score (nSPS) is 13.2. The van der Waals surface area contributed by atoms with E-state index >= 15 is 0 Å². The van der Waals surface area contributed by atoms with Gasteiger partial charge in [-0.2, -0.15) is 9.97 Å². The maximum Gasteiger partial charge on any atom is 0.238 e. The molecule has 0 bridgehead atoms. The van der Waals surface area contributed by atoms with Gasteiger partial charge in [-0.05, 0) is 70.8 Å². The van der Waals surface area contributed by atoms with E-state index in [9.17, 15) is 0 Å². The number of anilines is 3.